The van der Waals surface area contributed by atoms with Crippen LogP contribution in [0, 0.1) is 0 Å². The van der Waals surface area contributed by atoms with Crippen molar-refractivity contribution in [2.24, 2.45) is 0 Å². The highest BCUT2D eigenvalue weighted by Crippen LogP contribution is 2.38. The van der Waals surface area contributed by atoms with Gasteiger partial charge in [-0.05, 0) is 51.6 Å². The number of hydrogen-bond donors (Lipinski definition) is 1. The summed E-state index contributed by atoms with van der Waals surface area (Å²) in [5, 5.41) is 0.728. The van der Waals surface area contributed by atoms with E-state index in [1.54, 1.807) is 0 Å². The molecule has 100 valence electrons. The Balaban J connectivity index is 2.14. The van der Waals surface area contributed by atoms with Crippen LogP contribution in [-0.2, 0) is 0 Å². The molecule has 0 bridgehead atoms. The van der Waals surface area contributed by atoms with Gasteiger partial charge in [0.05, 0.1) is 10.7 Å². The largest absolute Gasteiger partial charge is 0.399 e. The first-order chi connectivity index (χ1) is 8.44. The molecular weight excluding hydrogens is 246 g/mol. The quantitative estimate of drug-likeness (QED) is 0.852. The van der Waals surface area contributed by atoms with Gasteiger partial charge in [-0.25, -0.2) is 0 Å². The Morgan fingerprint density at radius 1 is 1.28 bits per heavy atom. The second kappa shape index (κ2) is 4.98. The van der Waals surface area contributed by atoms with Crippen molar-refractivity contribution in [2.75, 3.05) is 38.3 Å². The molecule has 0 aromatic heterocycles. The molecule has 1 aromatic rings. The van der Waals surface area contributed by atoms with Gasteiger partial charge in [0.1, 0.15) is 0 Å². The summed E-state index contributed by atoms with van der Waals surface area (Å²) in [4.78, 5) is 4.58. The number of anilines is 2. The lowest BCUT2D eigenvalue weighted by Gasteiger charge is -2.49. The fraction of sp³-hybridized carbons (Fsp3) is 0.571. The van der Waals surface area contributed by atoms with Gasteiger partial charge in [-0.1, -0.05) is 11.6 Å². The van der Waals surface area contributed by atoms with Crippen LogP contribution in [0.25, 0.3) is 0 Å². The molecule has 0 radical (unpaired) electrons. The fourth-order valence-corrected chi connectivity index (χ4v) is 3.02. The maximum atomic E-state index is 6.26. The van der Waals surface area contributed by atoms with Crippen molar-refractivity contribution in [3.05, 3.63) is 23.2 Å². The van der Waals surface area contributed by atoms with E-state index in [0.717, 1.165) is 17.3 Å². The predicted octanol–water partition coefficient (Wildman–Crippen LogP) is 2.84. The normalized spacial score (nSPS) is 17.6. The minimum atomic E-state index is 0.305. The van der Waals surface area contributed by atoms with Gasteiger partial charge in [0.15, 0.2) is 0 Å². The average molecular weight is 268 g/mol. The summed E-state index contributed by atoms with van der Waals surface area (Å²) in [7, 11) is 6.43. The number of hydrogen-bond acceptors (Lipinski definition) is 3. The number of halogens is 1. The van der Waals surface area contributed by atoms with Crippen molar-refractivity contribution in [2.45, 2.75) is 24.8 Å². The number of nitrogens with two attached hydrogens (primary N) is 1. The van der Waals surface area contributed by atoms with Crippen molar-refractivity contribution in [1.29, 1.82) is 0 Å². The minimum absolute atomic E-state index is 0.305. The summed E-state index contributed by atoms with van der Waals surface area (Å²) in [5.41, 5.74) is 7.80. The number of likely N-dealkylation sites (N-methyl/N-ethyl adjacent to an activating group) is 2. The first-order valence-corrected chi connectivity index (χ1v) is 6.76. The molecule has 1 fully saturated rings. The standard InChI is InChI=1S/C14H22ClN3/c1-17(2)14(7-4-8-14)10-18(3)13-6-5-11(16)9-12(13)15/h5-6,9H,4,7-8,10,16H2,1-3H3. The van der Waals surface area contributed by atoms with Gasteiger partial charge in [-0.3, -0.25) is 0 Å². The Hall–Kier alpha value is -0.930. The molecule has 0 aliphatic heterocycles. The van der Waals surface area contributed by atoms with E-state index < -0.39 is 0 Å². The Labute approximate surface area is 115 Å². The van der Waals surface area contributed by atoms with Gasteiger partial charge in [-0.2, -0.15) is 0 Å². The summed E-state index contributed by atoms with van der Waals surface area (Å²) in [6.07, 6.45) is 3.84. The van der Waals surface area contributed by atoms with Crippen LogP contribution in [-0.4, -0.2) is 38.1 Å². The van der Waals surface area contributed by atoms with E-state index in [1.165, 1.54) is 19.3 Å². The molecule has 3 nitrogen and oxygen atoms in total. The van der Waals surface area contributed by atoms with E-state index in [1.807, 2.05) is 18.2 Å². The van der Waals surface area contributed by atoms with Gasteiger partial charge in [0, 0.05) is 24.8 Å². The summed E-state index contributed by atoms with van der Waals surface area (Å²) < 4.78 is 0. The van der Waals surface area contributed by atoms with Gasteiger partial charge in [-0.15, -0.1) is 0 Å². The highest BCUT2D eigenvalue weighted by Gasteiger charge is 2.40. The van der Waals surface area contributed by atoms with Gasteiger partial charge in [0.25, 0.3) is 0 Å². The summed E-state index contributed by atoms with van der Waals surface area (Å²) in [6.45, 7) is 1.00. The second-order valence-electron chi connectivity index (χ2n) is 5.54. The molecule has 0 saturated heterocycles. The fourth-order valence-electron chi connectivity index (χ4n) is 2.69. The van der Waals surface area contributed by atoms with E-state index in [9.17, 15) is 0 Å². The second-order valence-corrected chi connectivity index (χ2v) is 5.95. The molecule has 2 N–H and O–H groups in total. The van der Waals surface area contributed by atoms with Crippen molar-refractivity contribution in [3.8, 4) is 0 Å². The lowest BCUT2D eigenvalue weighted by atomic mass is 9.75. The molecule has 2 rings (SSSR count). The van der Waals surface area contributed by atoms with Crippen LogP contribution in [0.4, 0.5) is 11.4 Å². The molecule has 1 aliphatic carbocycles. The van der Waals surface area contributed by atoms with Crippen LogP contribution < -0.4 is 10.6 Å². The molecule has 0 unspecified atom stereocenters. The molecule has 1 saturated carbocycles. The molecule has 1 aliphatic rings. The van der Waals surface area contributed by atoms with Crippen molar-refractivity contribution in [3.63, 3.8) is 0 Å². The number of nitrogen functional groups attached to an aromatic ring is 1. The highest BCUT2D eigenvalue weighted by atomic mass is 35.5. The molecule has 0 heterocycles. The topological polar surface area (TPSA) is 32.5 Å². The van der Waals surface area contributed by atoms with Crippen LogP contribution >= 0.6 is 11.6 Å². The first-order valence-electron chi connectivity index (χ1n) is 6.38. The molecule has 1 aromatic carbocycles. The third-order valence-corrected chi connectivity index (χ3v) is 4.45. The third kappa shape index (κ3) is 2.43. The zero-order valence-electron chi connectivity index (χ0n) is 11.4. The zero-order chi connectivity index (χ0) is 13.3. The van der Waals surface area contributed by atoms with E-state index in [0.29, 0.717) is 11.2 Å². The van der Waals surface area contributed by atoms with E-state index in [4.69, 9.17) is 17.3 Å². The van der Waals surface area contributed by atoms with E-state index >= 15 is 0 Å². The van der Waals surface area contributed by atoms with Crippen LogP contribution in [0.2, 0.25) is 5.02 Å². The lowest BCUT2D eigenvalue weighted by molar-refractivity contribution is 0.0683. The van der Waals surface area contributed by atoms with E-state index in [-0.39, 0.29) is 0 Å². The maximum absolute atomic E-state index is 6.26. The van der Waals surface area contributed by atoms with Crippen LogP contribution in [0.1, 0.15) is 19.3 Å². The average Bonchev–Trinajstić information content (AvgIpc) is 2.22. The molecular formula is C14H22ClN3. The zero-order valence-corrected chi connectivity index (χ0v) is 12.2. The van der Waals surface area contributed by atoms with Gasteiger partial charge < -0.3 is 15.5 Å². The third-order valence-electron chi connectivity index (χ3n) is 4.15. The molecule has 18 heavy (non-hydrogen) atoms. The summed E-state index contributed by atoms with van der Waals surface area (Å²) in [6, 6.07) is 5.72. The van der Waals surface area contributed by atoms with Crippen LogP contribution in [0.5, 0.6) is 0 Å². The minimum Gasteiger partial charge on any atom is -0.399 e. The number of benzene rings is 1. The molecule has 0 amide bonds. The summed E-state index contributed by atoms with van der Waals surface area (Å²) >= 11 is 6.26. The van der Waals surface area contributed by atoms with Gasteiger partial charge >= 0.3 is 0 Å². The first kappa shape index (κ1) is 13.5. The number of nitrogens with zero attached hydrogens (tertiary/aromatic N) is 2. The van der Waals surface area contributed by atoms with Crippen molar-refractivity contribution in [1.82, 2.24) is 4.90 Å². The van der Waals surface area contributed by atoms with E-state index in [2.05, 4.69) is 30.9 Å². The molecule has 0 atom stereocenters. The Morgan fingerprint density at radius 3 is 2.39 bits per heavy atom. The smallest absolute Gasteiger partial charge is 0.0659 e. The lowest BCUT2D eigenvalue weighted by Crippen LogP contribution is -2.56. The van der Waals surface area contributed by atoms with Crippen LogP contribution in [0.3, 0.4) is 0 Å². The monoisotopic (exact) mass is 267 g/mol. The van der Waals surface area contributed by atoms with Crippen LogP contribution in [0.15, 0.2) is 18.2 Å². The molecule has 0 spiro atoms. The number of rotatable bonds is 4. The predicted molar refractivity (Wildman–Crippen MR) is 79.4 cm³/mol. The van der Waals surface area contributed by atoms with Crippen molar-refractivity contribution < 1.29 is 0 Å². The summed E-state index contributed by atoms with van der Waals surface area (Å²) in [5.74, 6) is 0. The van der Waals surface area contributed by atoms with Crippen molar-refractivity contribution >= 4 is 23.0 Å². The Kier molecular flexibility index (Phi) is 3.74. The Bertz CT molecular complexity index is 427. The Morgan fingerprint density at radius 2 is 1.94 bits per heavy atom. The SMILES string of the molecule is CN(CC1(N(C)C)CCC1)c1ccc(N)cc1Cl. The highest BCUT2D eigenvalue weighted by molar-refractivity contribution is 6.33. The van der Waals surface area contributed by atoms with Gasteiger partial charge in [0.2, 0.25) is 0 Å². The maximum Gasteiger partial charge on any atom is 0.0659 e. The molecule has 4 heteroatoms.